The molecule has 144 valence electrons. The van der Waals surface area contributed by atoms with Crippen LogP contribution in [-0.2, 0) is 11.3 Å². The van der Waals surface area contributed by atoms with E-state index in [0.29, 0.717) is 34.7 Å². The Bertz CT molecular complexity index is 856. The molecular formula is C18H19BrN2O6. The van der Waals surface area contributed by atoms with E-state index in [1.54, 1.807) is 12.1 Å². The molecule has 0 saturated heterocycles. The number of nitrogens with two attached hydrogens (primary N) is 1. The van der Waals surface area contributed by atoms with Gasteiger partial charge in [0.15, 0.2) is 11.5 Å². The summed E-state index contributed by atoms with van der Waals surface area (Å²) in [6.07, 6.45) is 0. The summed E-state index contributed by atoms with van der Waals surface area (Å²) >= 11 is 3.42. The second-order valence-corrected chi connectivity index (χ2v) is 6.22. The number of rotatable bonds is 8. The van der Waals surface area contributed by atoms with Gasteiger partial charge in [-0.25, -0.2) is 4.79 Å². The molecule has 0 saturated carbocycles. The number of carbonyl (C=O) groups excluding carboxylic acids is 1. The molecule has 0 amide bonds. The number of esters is 1. The lowest BCUT2D eigenvalue weighted by molar-refractivity contribution is -0.383. The Kier molecular flexibility index (Phi) is 7.00. The van der Waals surface area contributed by atoms with Gasteiger partial charge < -0.3 is 19.9 Å². The van der Waals surface area contributed by atoms with E-state index in [9.17, 15) is 14.9 Å². The van der Waals surface area contributed by atoms with Gasteiger partial charge in [-0.2, -0.15) is 0 Å². The third kappa shape index (κ3) is 5.10. The molecule has 9 heteroatoms. The first-order valence-corrected chi connectivity index (χ1v) is 8.95. The van der Waals surface area contributed by atoms with Gasteiger partial charge >= 0.3 is 5.97 Å². The number of nitro groups is 1. The Morgan fingerprint density at radius 3 is 2.37 bits per heavy atom. The topological polar surface area (TPSA) is 114 Å². The van der Waals surface area contributed by atoms with Crippen molar-refractivity contribution in [2.45, 2.75) is 20.5 Å². The lowest BCUT2D eigenvalue weighted by Crippen LogP contribution is -2.08. The minimum Gasteiger partial charge on any atom is -0.490 e. The van der Waals surface area contributed by atoms with Gasteiger partial charge in [-0.15, -0.1) is 0 Å². The van der Waals surface area contributed by atoms with E-state index in [0.717, 1.165) is 6.07 Å². The Morgan fingerprint density at radius 2 is 1.78 bits per heavy atom. The predicted octanol–water partition coefficient (Wildman–Crippen LogP) is 4.09. The Balaban J connectivity index is 2.18. The van der Waals surface area contributed by atoms with Crippen LogP contribution in [0.25, 0.3) is 0 Å². The van der Waals surface area contributed by atoms with Crippen molar-refractivity contribution in [2.75, 3.05) is 18.9 Å². The van der Waals surface area contributed by atoms with Crippen molar-refractivity contribution in [2.24, 2.45) is 0 Å². The maximum Gasteiger partial charge on any atom is 0.338 e. The van der Waals surface area contributed by atoms with Gasteiger partial charge in [-0.1, -0.05) is 15.9 Å². The van der Waals surface area contributed by atoms with Crippen LogP contribution in [0.2, 0.25) is 0 Å². The third-order valence-electron chi connectivity index (χ3n) is 3.53. The zero-order chi connectivity index (χ0) is 20.0. The largest absolute Gasteiger partial charge is 0.490 e. The van der Waals surface area contributed by atoms with E-state index in [4.69, 9.17) is 19.9 Å². The molecule has 2 aromatic carbocycles. The number of ether oxygens (including phenoxy) is 3. The highest BCUT2D eigenvalue weighted by molar-refractivity contribution is 9.10. The molecule has 27 heavy (non-hydrogen) atoms. The smallest absolute Gasteiger partial charge is 0.338 e. The van der Waals surface area contributed by atoms with Crippen LogP contribution in [0.3, 0.4) is 0 Å². The van der Waals surface area contributed by atoms with Gasteiger partial charge in [0.2, 0.25) is 0 Å². The van der Waals surface area contributed by atoms with Crippen LogP contribution >= 0.6 is 15.9 Å². The van der Waals surface area contributed by atoms with E-state index in [1.807, 2.05) is 13.8 Å². The normalized spacial score (nSPS) is 10.3. The first kappa shape index (κ1) is 20.5. The predicted molar refractivity (Wildman–Crippen MR) is 103 cm³/mol. The standard InChI is InChI=1S/C18H19BrN2O6/c1-3-25-16-8-12(13(19)9-17(16)26-4-2)10-27-18(22)11-5-6-14(20)15(7-11)21(23)24/h5-9H,3-4,10,20H2,1-2H3. The molecule has 0 atom stereocenters. The highest BCUT2D eigenvalue weighted by Gasteiger charge is 2.18. The molecule has 0 heterocycles. The lowest BCUT2D eigenvalue weighted by Gasteiger charge is -2.14. The molecule has 0 aromatic heterocycles. The minimum atomic E-state index is -0.697. The SMILES string of the molecule is CCOc1cc(Br)c(COC(=O)c2ccc(N)c([N+](=O)[O-])c2)cc1OCC. The molecule has 0 aliphatic heterocycles. The summed E-state index contributed by atoms with van der Waals surface area (Å²) in [5.41, 5.74) is 5.88. The van der Waals surface area contributed by atoms with E-state index in [1.165, 1.54) is 12.1 Å². The average molecular weight is 439 g/mol. The molecule has 0 radical (unpaired) electrons. The van der Waals surface area contributed by atoms with Gasteiger partial charge in [0.1, 0.15) is 12.3 Å². The van der Waals surface area contributed by atoms with Gasteiger partial charge in [0, 0.05) is 16.1 Å². The lowest BCUT2D eigenvalue weighted by atomic mass is 10.1. The summed E-state index contributed by atoms with van der Waals surface area (Å²) in [5.74, 6) is 0.420. The van der Waals surface area contributed by atoms with E-state index in [2.05, 4.69) is 15.9 Å². The third-order valence-corrected chi connectivity index (χ3v) is 4.27. The molecule has 0 unspecified atom stereocenters. The van der Waals surface area contributed by atoms with Crippen LogP contribution < -0.4 is 15.2 Å². The Morgan fingerprint density at radius 1 is 1.15 bits per heavy atom. The maximum absolute atomic E-state index is 12.2. The van der Waals surface area contributed by atoms with Crippen LogP contribution in [0.15, 0.2) is 34.8 Å². The zero-order valence-electron chi connectivity index (χ0n) is 14.9. The summed E-state index contributed by atoms with van der Waals surface area (Å²) in [6, 6.07) is 7.23. The molecule has 2 rings (SSSR count). The van der Waals surface area contributed by atoms with Crippen molar-refractivity contribution in [3.8, 4) is 11.5 Å². The minimum absolute atomic E-state index is 0.0211. The van der Waals surface area contributed by atoms with E-state index in [-0.39, 0.29) is 23.5 Å². The maximum atomic E-state index is 12.2. The summed E-state index contributed by atoms with van der Waals surface area (Å²) in [4.78, 5) is 22.5. The summed E-state index contributed by atoms with van der Waals surface area (Å²) in [7, 11) is 0. The summed E-state index contributed by atoms with van der Waals surface area (Å²) in [6.45, 7) is 4.60. The molecule has 2 N–H and O–H groups in total. The fourth-order valence-electron chi connectivity index (χ4n) is 2.28. The van der Waals surface area contributed by atoms with Crippen molar-refractivity contribution >= 4 is 33.3 Å². The number of carbonyl (C=O) groups is 1. The molecule has 0 bridgehead atoms. The zero-order valence-corrected chi connectivity index (χ0v) is 16.4. The fraction of sp³-hybridized carbons (Fsp3) is 0.278. The van der Waals surface area contributed by atoms with Crippen LogP contribution in [0.4, 0.5) is 11.4 Å². The Hall–Kier alpha value is -2.81. The van der Waals surface area contributed by atoms with Gasteiger partial charge in [0.25, 0.3) is 5.69 Å². The number of hydrogen-bond acceptors (Lipinski definition) is 7. The van der Waals surface area contributed by atoms with Crippen molar-refractivity contribution in [1.29, 1.82) is 0 Å². The number of nitrogens with zero attached hydrogens (tertiary/aromatic N) is 1. The van der Waals surface area contributed by atoms with Crippen molar-refractivity contribution in [3.05, 3.63) is 56.0 Å². The molecule has 8 nitrogen and oxygen atoms in total. The first-order valence-electron chi connectivity index (χ1n) is 8.16. The number of anilines is 1. The van der Waals surface area contributed by atoms with Gasteiger partial charge in [-0.05, 0) is 38.1 Å². The molecule has 0 aliphatic rings. The number of nitrogen functional groups attached to an aromatic ring is 1. The monoisotopic (exact) mass is 438 g/mol. The van der Waals surface area contributed by atoms with Crippen molar-refractivity contribution < 1.29 is 23.9 Å². The van der Waals surface area contributed by atoms with Gasteiger partial charge in [-0.3, -0.25) is 10.1 Å². The highest BCUT2D eigenvalue weighted by Crippen LogP contribution is 2.34. The first-order chi connectivity index (χ1) is 12.9. The fourth-order valence-corrected chi connectivity index (χ4v) is 2.72. The molecule has 0 aliphatic carbocycles. The molecular weight excluding hydrogens is 420 g/mol. The number of hydrogen-bond donors (Lipinski definition) is 1. The van der Waals surface area contributed by atoms with Crippen LogP contribution in [0.5, 0.6) is 11.5 Å². The number of halogens is 1. The molecule has 0 spiro atoms. The van der Waals surface area contributed by atoms with Gasteiger partial charge in [0.05, 0.1) is 23.7 Å². The number of nitro benzene ring substituents is 1. The van der Waals surface area contributed by atoms with E-state index >= 15 is 0 Å². The van der Waals surface area contributed by atoms with E-state index < -0.39 is 10.9 Å². The van der Waals surface area contributed by atoms with Crippen LogP contribution in [0, 0.1) is 10.1 Å². The summed E-state index contributed by atoms with van der Waals surface area (Å²) in [5, 5.41) is 10.9. The number of benzene rings is 2. The van der Waals surface area contributed by atoms with Crippen molar-refractivity contribution in [3.63, 3.8) is 0 Å². The average Bonchev–Trinajstić information content (AvgIpc) is 2.63. The van der Waals surface area contributed by atoms with Crippen LogP contribution in [0.1, 0.15) is 29.8 Å². The molecule has 0 fully saturated rings. The van der Waals surface area contributed by atoms with Crippen LogP contribution in [-0.4, -0.2) is 24.1 Å². The second kappa shape index (κ2) is 9.22. The van der Waals surface area contributed by atoms with Crippen molar-refractivity contribution in [1.82, 2.24) is 0 Å². The molecule has 2 aromatic rings. The summed E-state index contributed by atoms with van der Waals surface area (Å²) < 4.78 is 17.0. The Labute approximate surface area is 164 Å². The quantitative estimate of drug-likeness (QED) is 0.285. The second-order valence-electron chi connectivity index (χ2n) is 5.36. The highest BCUT2D eigenvalue weighted by atomic mass is 79.9.